The van der Waals surface area contributed by atoms with Crippen LogP contribution in [0.1, 0.15) is 5.69 Å². The SMILES string of the molecule is Cc1ccc(-c2ncco2)cn1.c1cocn1. The fraction of sp³-hybridized carbons (Fsp3) is 0.0833. The molecule has 0 saturated heterocycles. The molecule has 0 bridgehead atoms. The highest BCUT2D eigenvalue weighted by Gasteiger charge is 2.00. The van der Waals surface area contributed by atoms with Crippen LogP contribution in [0.5, 0.6) is 0 Å². The van der Waals surface area contributed by atoms with Crippen LogP contribution in [0.4, 0.5) is 0 Å². The van der Waals surface area contributed by atoms with Crippen LogP contribution in [-0.4, -0.2) is 15.0 Å². The molecule has 5 heteroatoms. The number of aryl methyl sites for hydroxylation is 1. The Hall–Kier alpha value is -2.43. The monoisotopic (exact) mass is 229 g/mol. The van der Waals surface area contributed by atoms with Crippen LogP contribution in [0.2, 0.25) is 0 Å². The summed E-state index contributed by atoms with van der Waals surface area (Å²) in [5.41, 5.74) is 1.90. The van der Waals surface area contributed by atoms with E-state index in [9.17, 15) is 0 Å². The van der Waals surface area contributed by atoms with Crippen molar-refractivity contribution in [2.45, 2.75) is 6.92 Å². The molecule has 0 aliphatic heterocycles. The number of hydrogen-bond donors (Lipinski definition) is 0. The van der Waals surface area contributed by atoms with Crippen LogP contribution >= 0.6 is 0 Å². The summed E-state index contributed by atoms with van der Waals surface area (Å²) in [6, 6.07) is 3.87. The van der Waals surface area contributed by atoms with Gasteiger partial charge in [0.2, 0.25) is 5.89 Å². The zero-order chi connectivity index (χ0) is 11.9. The lowest BCUT2D eigenvalue weighted by atomic mass is 10.2. The lowest BCUT2D eigenvalue weighted by molar-refractivity contribution is 0.558. The van der Waals surface area contributed by atoms with Crippen LogP contribution in [0, 0.1) is 6.92 Å². The van der Waals surface area contributed by atoms with Crippen LogP contribution in [0.15, 0.2) is 58.5 Å². The normalized spacial score (nSPS) is 9.47. The largest absolute Gasteiger partial charge is 0.452 e. The second-order valence-electron chi connectivity index (χ2n) is 3.20. The summed E-state index contributed by atoms with van der Waals surface area (Å²) in [6.07, 6.45) is 9.39. The molecule has 3 rings (SSSR count). The van der Waals surface area contributed by atoms with Gasteiger partial charge in [0.05, 0.1) is 18.0 Å². The van der Waals surface area contributed by atoms with E-state index in [-0.39, 0.29) is 0 Å². The lowest BCUT2D eigenvalue weighted by Crippen LogP contribution is -1.81. The van der Waals surface area contributed by atoms with E-state index >= 15 is 0 Å². The number of aromatic nitrogens is 3. The maximum absolute atomic E-state index is 5.11. The standard InChI is InChI=1S/C9H8N2O.C3H3NO/c1-7-2-3-8(6-11-7)9-10-4-5-12-9;1-2-5-3-4-1/h2-6H,1H3;1-3H. The highest BCUT2D eigenvalue weighted by molar-refractivity contribution is 5.50. The molecule has 0 fully saturated rings. The molecule has 0 radical (unpaired) electrons. The first-order valence-electron chi connectivity index (χ1n) is 5.01. The molecule has 0 unspecified atom stereocenters. The third kappa shape index (κ3) is 3.27. The molecule has 3 aromatic heterocycles. The average Bonchev–Trinajstić information content (AvgIpc) is 3.06. The summed E-state index contributed by atoms with van der Waals surface area (Å²) in [6.45, 7) is 1.94. The predicted molar refractivity (Wildman–Crippen MR) is 61.0 cm³/mol. The first-order valence-corrected chi connectivity index (χ1v) is 5.01. The van der Waals surface area contributed by atoms with Gasteiger partial charge in [0.1, 0.15) is 12.5 Å². The van der Waals surface area contributed by atoms with Crippen molar-refractivity contribution in [1.82, 2.24) is 15.0 Å². The zero-order valence-corrected chi connectivity index (χ0v) is 9.28. The van der Waals surface area contributed by atoms with Crippen molar-refractivity contribution < 1.29 is 8.83 Å². The molecule has 0 spiro atoms. The zero-order valence-electron chi connectivity index (χ0n) is 9.28. The molecule has 3 aromatic rings. The molecule has 0 saturated carbocycles. The first-order chi connectivity index (χ1) is 8.36. The summed E-state index contributed by atoms with van der Waals surface area (Å²) in [5, 5.41) is 0. The molecule has 0 N–H and O–H groups in total. The number of nitrogens with zero attached hydrogens (tertiary/aromatic N) is 3. The van der Waals surface area contributed by atoms with Crippen molar-refractivity contribution in [2.75, 3.05) is 0 Å². The third-order valence-electron chi connectivity index (χ3n) is 1.94. The van der Waals surface area contributed by atoms with Crippen molar-refractivity contribution in [3.05, 3.63) is 55.3 Å². The number of oxazole rings is 2. The number of pyridine rings is 1. The van der Waals surface area contributed by atoms with E-state index in [4.69, 9.17) is 4.42 Å². The smallest absolute Gasteiger partial charge is 0.227 e. The molecule has 0 aromatic carbocycles. The van der Waals surface area contributed by atoms with Gasteiger partial charge in [0.15, 0.2) is 6.39 Å². The van der Waals surface area contributed by atoms with E-state index < -0.39 is 0 Å². The molecule has 0 amide bonds. The Morgan fingerprint density at radius 3 is 2.47 bits per heavy atom. The molecule has 86 valence electrons. The summed E-state index contributed by atoms with van der Waals surface area (Å²) >= 11 is 0. The van der Waals surface area contributed by atoms with Crippen LogP contribution < -0.4 is 0 Å². The minimum atomic E-state index is 0.613. The molecular formula is C12H11N3O2. The van der Waals surface area contributed by atoms with Gasteiger partial charge in [-0.25, -0.2) is 9.97 Å². The molecule has 0 aliphatic carbocycles. The fourth-order valence-corrected chi connectivity index (χ4v) is 1.14. The highest BCUT2D eigenvalue weighted by atomic mass is 16.3. The van der Waals surface area contributed by atoms with Crippen LogP contribution in [-0.2, 0) is 0 Å². The van der Waals surface area contributed by atoms with E-state index in [2.05, 4.69) is 19.4 Å². The van der Waals surface area contributed by atoms with E-state index in [1.54, 1.807) is 24.9 Å². The summed E-state index contributed by atoms with van der Waals surface area (Å²) in [4.78, 5) is 11.7. The van der Waals surface area contributed by atoms with Gasteiger partial charge in [-0.1, -0.05) is 0 Å². The van der Waals surface area contributed by atoms with Gasteiger partial charge in [0, 0.05) is 11.9 Å². The molecule has 3 heterocycles. The summed E-state index contributed by atoms with van der Waals surface area (Å²) < 4.78 is 9.58. The van der Waals surface area contributed by atoms with Crippen molar-refractivity contribution >= 4 is 0 Å². The Morgan fingerprint density at radius 2 is 2.00 bits per heavy atom. The van der Waals surface area contributed by atoms with Gasteiger partial charge < -0.3 is 8.83 Å². The fourth-order valence-electron chi connectivity index (χ4n) is 1.14. The highest BCUT2D eigenvalue weighted by Crippen LogP contribution is 2.14. The second kappa shape index (κ2) is 5.60. The number of hydrogen-bond acceptors (Lipinski definition) is 5. The quantitative estimate of drug-likeness (QED) is 0.641. The Morgan fingerprint density at radius 1 is 1.06 bits per heavy atom. The van der Waals surface area contributed by atoms with E-state index in [1.807, 2.05) is 19.1 Å². The molecule has 5 nitrogen and oxygen atoms in total. The molecule has 0 atom stereocenters. The van der Waals surface area contributed by atoms with Crippen molar-refractivity contribution in [3.63, 3.8) is 0 Å². The molecule has 17 heavy (non-hydrogen) atoms. The van der Waals surface area contributed by atoms with Gasteiger partial charge in [-0.05, 0) is 19.1 Å². The van der Waals surface area contributed by atoms with Crippen molar-refractivity contribution in [2.24, 2.45) is 0 Å². The second-order valence-corrected chi connectivity index (χ2v) is 3.20. The molecular weight excluding hydrogens is 218 g/mol. The van der Waals surface area contributed by atoms with Crippen LogP contribution in [0.25, 0.3) is 11.5 Å². The average molecular weight is 229 g/mol. The summed E-state index contributed by atoms with van der Waals surface area (Å²) in [7, 11) is 0. The van der Waals surface area contributed by atoms with E-state index in [0.29, 0.717) is 5.89 Å². The van der Waals surface area contributed by atoms with Gasteiger partial charge in [-0.2, -0.15) is 0 Å². The Labute approximate surface area is 98.2 Å². The lowest BCUT2D eigenvalue weighted by Gasteiger charge is -1.94. The van der Waals surface area contributed by atoms with Gasteiger partial charge in [0.25, 0.3) is 0 Å². The van der Waals surface area contributed by atoms with E-state index in [1.165, 1.54) is 12.7 Å². The third-order valence-corrected chi connectivity index (χ3v) is 1.94. The van der Waals surface area contributed by atoms with Crippen molar-refractivity contribution in [1.29, 1.82) is 0 Å². The van der Waals surface area contributed by atoms with Gasteiger partial charge >= 0.3 is 0 Å². The maximum Gasteiger partial charge on any atom is 0.227 e. The predicted octanol–water partition coefficient (Wildman–Crippen LogP) is 2.72. The molecule has 0 aliphatic rings. The number of rotatable bonds is 1. The summed E-state index contributed by atoms with van der Waals surface area (Å²) in [5.74, 6) is 0.613. The van der Waals surface area contributed by atoms with Gasteiger partial charge in [-0.15, -0.1) is 0 Å². The Kier molecular flexibility index (Phi) is 3.64. The minimum absolute atomic E-state index is 0.613. The van der Waals surface area contributed by atoms with E-state index in [0.717, 1.165) is 11.3 Å². The minimum Gasteiger partial charge on any atom is -0.452 e. The van der Waals surface area contributed by atoms with Crippen molar-refractivity contribution in [3.8, 4) is 11.5 Å². The first kappa shape index (κ1) is 11.1. The maximum atomic E-state index is 5.11. The van der Waals surface area contributed by atoms with Crippen LogP contribution in [0.3, 0.4) is 0 Å². The van der Waals surface area contributed by atoms with Gasteiger partial charge in [-0.3, -0.25) is 4.98 Å². The topological polar surface area (TPSA) is 65.0 Å². The Balaban J connectivity index is 0.000000181. The Bertz CT molecular complexity index is 498.